The van der Waals surface area contributed by atoms with Crippen LogP contribution in [-0.4, -0.2) is 13.2 Å². The summed E-state index contributed by atoms with van der Waals surface area (Å²) in [6, 6.07) is 3.50. The van der Waals surface area contributed by atoms with Crippen molar-refractivity contribution in [2.45, 2.75) is 25.1 Å². The Morgan fingerprint density at radius 1 is 1.35 bits per heavy atom. The molecule has 0 fully saturated rings. The van der Waals surface area contributed by atoms with E-state index in [9.17, 15) is 17.6 Å². The van der Waals surface area contributed by atoms with Crippen molar-refractivity contribution < 1.29 is 17.6 Å². The Hall–Kier alpha value is -0.810. The molecule has 1 N–H and O–H groups in total. The minimum absolute atomic E-state index is 0.131. The lowest BCUT2D eigenvalue weighted by molar-refractivity contribution is -0.136. The molecule has 1 unspecified atom stereocenters. The first-order valence-corrected chi connectivity index (χ1v) is 5.41. The molecule has 0 spiro atoms. The number of halogens is 5. The highest BCUT2D eigenvalue weighted by Crippen LogP contribution is 2.31. The molecule has 1 aromatic carbocycles. The second kappa shape index (κ2) is 5.69. The number of alkyl halides is 3. The van der Waals surface area contributed by atoms with E-state index in [2.05, 4.69) is 5.32 Å². The van der Waals surface area contributed by atoms with Gasteiger partial charge in [0.05, 0.1) is 5.02 Å². The highest BCUT2D eigenvalue weighted by atomic mass is 35.5. The van der Waals surface area contributed by atoms with Gasteiger partial charge in [-0.1, -0.05) is 23.7 Å². The summed E-state index contributed by atoms with van der Waals surface area (Å²) in [6.45, 7) is 0. The van der Waals surface area contributed by atoms with Gasteiger partial charge in [-0.3, -0.25) is 0 Å². The van der Waals surface area contributed by atoms with Crippen molar-refractivity contribution in [2.75, 3.05) is 7.05 Å². The first-order chi connectivity index (χ1) is 7.85. The normalized spacial score (nSPS) is 13.8. The molecule has 1 rings (SSSR count). The van der Waals surface area contributed by atoms with Crippen LogP contribution >= 0.6 is 11.6 Å². The van der Waals surface area contributed by atoms with Crippen LogP contribution in [0.1, 0.15) is 24.4 Å². The number of rotatable bonds is 4. The lowest BCUT2D eigenvalue weighted by Gasteiger charge is -2.19. The summed E-state index contributed by atoms with van der Waals surface area (Å²) in [7, 11) is 1.52. The molecule has 0 bridgehead atoms. The molecule has 0 amide bonds. The SMILES string of the molecule is CNC(CCC(F)(F)F)c1cccc(F)c1Cl. The van der Waals surface area contributed by atoms with E-state index in [0.717, 1.165) is 0 Å². The Morgan fingerprint density at radius 2 is 2.00 bits per heavy atom. The smallest absolute Gasteiger partial charge is 0.313 e. The van der Waals surface area contributed by atoms with Gasteiger partial charge in [-0.05, 0) is 25.1 Å². The maximum atomic E-state index is 13.2. The molecule has 1 atom stereocenters. The van der Waals surface area contributed by atoms with Crippen molar-refractivity contribution >= 4 is 11.6 Å². The largest absolute Gasteiger partial charge is 0.389 e. The number of hydrogen-bond donors (Lipinski definition) is 1. The van der Waals surface area contributed by atoms with Crippen molar-refractivity contribution in [3.8, 4) is 0 Å². The van der Waals surface area contributed by atoms with Crippen LogP contribution in [0.2, 0.25) is 5.02 Å². The lowest BCUT2D eigenvalue weighted by Crippen LogP contribution is -2.20. The van der Waals surface area contributed by atoms with E-state index < -0.39 is 24.5 Å². The fraction of sp³-hybridized carbons (Fsp3) is 0.455. The van der Waals surface area contributed by atoms with E-state index in [-0.39, 0.29) is 11.4 Å². The molecule has 0 aliphatic carbocycles. The second-order valence-corrected chi connectivity index (χ2v) is 4.02. The van der Waals surface area contributed by atoms with Crippen molar-refractivity contribution in [1.29, 1.82) is 0 Å². The Morgan fingerprint density at radius 3 is 2.53 bits per heavy atom. The molecular weight excluding hydrogens is 258 g/mol. The average molecular weight is 270 g/mol. The monoisotopic (exact) mass is 269 g/mol. The summed E-state index contributed by atoms with van der Waals surface area (Å²) in [5.41, 5.74) is 0.346. The van der Waals surface area contributed by atoms with Crippen LogP contribution in [0, 0.1) is 5.82 Å². The van der Waals surface area contributed by atoms with Crippen LogP contribution in [0.3, 0.4) is 0 Å². The minimum Gasteiger partial charge on any atom is -0.313 e. The third-order valence-corrected chi connectivity index (χ3v) is 2.82. The molecule has 6 heteroatoms. The third kappa shape index (κ3) is 4.16. The zero-order chi connectivity index (χ0) is 13.1. The Labute approximate surface area is 102 Å². The summed E-state index contributed by atoms with van der Waals surface area (Å²) >= 11 is 5.72. The Bertz CT molecular complexity index is 378. The molecule has 1 nitrogen and oxygen atoms in total. The van der Waals surface area contributed by atoms with E-state index in [1.54, 1.807) is 0 Å². The van der Waals surface area contributed by atoms with E-state index in [4.69, 9.17) is 11.6 Å². The molecule has 0 saturated heterocycles. The fourth-order valence-corrected chi connectivity index (χ4v) is 1.81. The Balaban J connectivity index is 2.83. The highest BCUT2D eigenvalue weighted by Gasteiger charge is 2.29. The standard InChI is InChI=1S/C11H12ClF4N/c1-17-9(5-6-11(14,15)16)7-3-2-4-8(13)10(7)12/h2-4,9,17H,5-6H2,1H3. The maximum absolute atomic E-state index is 13.2. The van der Waals surface area contributed by atoms with Crippen LogP contribution in [0.25, 0.3) is 0 Å². The van der Waals surface area contributed by atoms with Crippen LogP contribution in [0.4, 0.5) is 17.6 Å². The van der Waals surface area contributed by atoms with Crippen LogP contribution in [0.15, 0.2) is 18.2 Å². The van der Waals surface area contributed by atoms with Gasteiger partial charge in [-0.25, -0.2) is 4.39 Å². The molecule has 0 aliphatic heterocycles. The Kier molecular flexibility index (Phi) is 4.77. The zero-order valence-electron chi connectivity index (χ0n) is 9.11. The highest BCUT2D eigenvalue weighted by molar-refractivity contribution is 6.31. The summed E-state index contributed by atoms with van der Waals surface area (Å²) in [5.74, 6) is -0.628. The summed E-state index contributed by atoms with van der Waals surface area (Å²) in [4.78, 5) is 0. The van der Waals surface area contributed by atoms with Crippen molar-refractivity contribution in [3.63, 3.8) is 0 Å². The molecule has 96 valence electrons. The summed E-state index contributed by atoms with van der Waals surface area (Å²) in [6.07, 6.45) is -5.34. The summed E-state index contributed by atoms with van der Waals surface area (Å²) in [5, 5.41) is 2.58. The topological polar surface area (TPSA) is 12.0 Å². The molecular formula is C11H12ClF4N. The van der Waals surface area contributed by atoms with Gasteiger partial charge in [-0.15, -0.1) is 0 Å². The van der Waals surface area contributed by atoms with Crippen molar-refractivity contribution in [3.05, 3.63) is 34.6 Å². The molecule has 1 aromatic rings. The number of benzene rings is 1. The third-order valence-electron chi connectivity index (χ3n) is 2.42. The van der Waals surface area contributed by atoms with Gasteiger partial charge in [0.2, 0.25) is 0 Å². The average Bonchev–Trinajstić information content (AvgIpc) is 2.23. The van der Waals surface area contributed by atoms with Gasteiger partial charge in [0.15, 0.2) is 0 Å². The fourth-order valence-electron chi connectivity index (χ4n) is 1.55. The molecule has 0 aromatic heterocycles. The lowest BCUT2D eigenvalue weighted by atomic mass is 10.0. The predicted molar refractivity (Wildman–Crippen MR) is 58.5 cm³/mol. The van der Waals surface area contributed by atoms with Crippen LogP contribution in [0.5, 0.6) is 0 Å². The van der Waals surface area contributed by atoms with Crippen molar-refractivity contribution in [1.82, 2.24) is 5.32 Å². The first-order valence-electron chi connectivity index (χ1n) is 5.03. The quantitative estimate of drug-likeness (QED) is 0.812. The molecule has 0 saturated carbocycles. The molecule has 0 aliphatic rings. The van der Waals surface area contributed by atoms with E-state index >= 15 is 0 Å². The van der Waals surface area contributed by atoms with E-state index in [1.165, 1.54) is 25.2 Å². The minimum atomic E-state index is -4.23. The maximum Gasteiger partial charge on any atom is 0.389 e. The summed E-state index contributed by atoms with van der Waals surface area (Å²) < 4.78 is 49.5. The number of hydrogen-bond acceptors (Lipinski definition) is 1. The van der Waals surface area contributed by atoms with Crippen molar-refractivity contribution in [2.24, 2.45) is 0 Å². The van der Waals surface area contributed by atoms with E-state index in [1.807, 2.05) is 0 Å². The van der Waals surface area contributed by atoms with Gasteiger partial charge < -0.3 is 5.32 Å². The van der Waals surface area contributed by atoms with Gasteiger partial charge in [-0.2, -0.15) is 13.2 Å². The molecule has 0 radical (unpaired) electrons. The molecule has 0 heterocycles. The predicted octanol–water partition coefficient (Wildman–Crippen LogP) is 4.08. The van der Waals surface area contributed by atoms with Crippen LogP contribution in [-0.2, 0) is 0 Å². The van der Waals surface area contributed by atoms with Gasteiger partial charge >= 0.3 is 6.18 Å². The van der Waals surface area contributed by atoms with Gasteiger partial charge in [0, 0.05) is 12.5 Å². The van der Waals surface area contributed by atoms with Gasteiger partial charge in [0.1, 0.15) is 5.82 Å². The number of nitrogens with one attached hydrogen (secondary N) is 1. The van der Waals surface area contributed by atoms with Crippen LogP contribution < -0.4 is 5.32 Å². The van der Waals surface area contributed by atoms with E-state index in [0.29, 0.717) is 5.56 Å². The zero-order valence-corrected chi connectivity index (χ0v) is 9.87. The first kappa shape index (κ1) is 14.3. The molecule has 17 heavy (non-hydrogen) atoms. The second-order valence-electron chi connectivity index (χ2n) is 3.64. The van der Waals surface area contributed by atoms with Gasteiger partial charge in [0.25, 0.3) is 0 Å².